The summed E-state index contributed by atoms with van der Waals surface area (Å²) in [5.41, 5.74) is 0.453. The molecule has 0 unspecified atom stereocenters. The Hall–Kier alpha value is -2.55. The van der Waals surface area contributed by atoms with E-state index in [4.69, 9.17) is 11.5 Å². The zero-order valence-electron chi connectivity index (χ0n) is 11.6. The molecular formula is C15H17N3O3. The predicted molar refractivity (Wildman–Crippen MR) is 78.0 cm³/mol. The van der Waals surface area contributed by atoms with Crippen molar-refractivity contribution in [3.8, 4) is 12.3 Å². The first-order valence-electron chi connectivity index (χ1n) is 6.77. The van der Waals surface area contributed by atoms with Crippen LogP contribution in [0.2, 0.25) is 0 Å². The highest BCUT2D eigenvalue weighted by Crippen LogP contribution is 2.21. The Bertz CT molecular complexity index is 555. The fraction of sp³-hybridized carbons (Fsp3) is 0.400. The highest BCUT2D eigenvalue weighted by molar-refractivity contribution is 5.94. The number of carbonyl (C=O) groups is 2. The highest BCUT2D eigenvalue weighted by Gasteiger charge is 2.25. The van der Waals surface area contributed by atoms with Crippen LogP contribution in [-0.2, 0) is 4.79 Å². The van der Waals surface area contributed by atoms with Crippen molar-refractivity contribution in [2.45, 2.75) is 12.8 Å². The molecule has 1 amide bonds. The van der Waals surface area contributed by atoms with E-state index in [0.29, 0.717) is 31.5 Å². The van der Waals surface area contributed by atoms with Crippen molar-refractivity contribution in [1.29, 1.82) is 0 Å². The minimum Gasteiger partial charge on any atom is -0.481 e. The molecule has 1 aromatic rings. The molecule has 21 heavy (non-hydrogen) atoms. The van der Waals surface area contributed by atoms with Gasteiger partial charge in [0.05, 0.1) is 18.0 Å². The van der Waals surface area contributed by atoms with E-state index in [9.17, 15) is 9.59 Å². The smallest absolute Gasteiger partial charge is 0.306 e. The van der Waals surface area contributed by atoms with Crippen molar-refractivity contribution in [1.82, 2.24) is 10.3 Å². The first kappa shape index (κ1) is 14.9. The van der Waals surface area contributed by atoms with E-state index >= 15 is 0 Å². The third kappa shape index (κ3) is 3.72. The molecule has 0 saturated carbocycles. The van der Waals surface area contributed by atoms with E-state index in [2.05, 4.69) is 16.2 Å². The lowest BCUT2D eigenvalue weighted by Gasteiger charge is -2.30. The number of aromatic nitrogens is 1. The molecule has 2 rings (SSSR count). The van der Waals surface area contributed by atoms with Crippen molar-refractivity contribution in [3.63, 3.8) is 0 Å². The molecule has 0 aliphatic carbocycles. The van der Waals surface area contributed by atoms with Crippen molar-refractivity contribution in [2.24, 2.45) is 5.92 Å². The van der Waals surface area contributed by atoms with Gasteiger partial charge in [-0.3, -0.25) is 9.59 Å². The van der Waals surface area contributed by atoms with Crippen LogP contribution in [0.15, 0.2) is 18.3 Å². The van der Waals surface area contributed by atoms with Gasteiger partial charge in [0.25, 0.3) is 5.91 Å². The number of rotatable bonds is 4. The lowest BCUT2D eigenvalue weighted by molar-refractivity contribution is -0.142. The number of terminal acetylenes is 1. The van der Waals surface area contributed by atoms with Crippen molar-refractivity contribution >= 4 is 17.7 Å². The maximum absolute atomic E-state index is 11.7. The van der Waals surface area contributed by atoms with E-state index in [1.165, 1.54) is 6.20 Å². The van der Waals surface area contributed by atoms with Gasteiger partial charge in [0.1, 0.15) is 5.82 Å². The molecule has 6 heteroatoms. The normalized spacial score (nSPS) is 15.3. The van der Waals surface area contributed by atoms with Gasteiger partial charge in [-0.05, 0) is 25.0 Å². The van der Waals surface area contributed by atoms with Gasteiger partial charge < -0.3 is 15.3 Å². The molecule has 1 fully saturated rings. The number of aliphatic carboxylic acids is 1. The number of piperidine rings is 1. The first-order valence-corrected chi connectivity index (χ1v) is 6.77. The molecule has 110 valence electrons. The number of pyridine rings is 1. The van der Waals surface area contributed by atoms with Crippen molar-refractivity contribution < 1.29 is 14.7 Å². The molecule has 1 aliphatic heterocycles. The Kier molecular flexibility index (Phi) is 4.77. The summed E-state index contributed by atoms with van der Waals surface area (Å²) in [6.45, 7) is 1.50. The number of hydrogen-bond acceptors (Lipinski definition) is 4. The zero-order valence-corrected chi connectivity index (χ0v) is 11.6. The first-order chi connectivity index (χ1) is 10.1. The van der Waals surface area contributed by atoms with Crippen LogP contribution in [0, 0.1) is 18.3 Å². The summed E-state index contributed by atoms with van der Waals surface area (Å²) in [5, 5.41) is 11.5. The van der Waals surface area contributed by atoms with Gasteiger partial charge in [0.15, 0.2) is 0 Å². The monoisotopic (exact) mass is 287 g/mol. The highest BCUT2D eigenvalue weighted by atomic mass is 16.4. The fourth-order valence-corrected chi connectivity index (χ4v) is 2.30. The molecule has 0 bridgehead atoms. The maximum atomic E-state index is 11.7. The van der Waals surface area contributed by atoms with Crippen LogP contribution in [0.25, 0.3) is 0 Å². The van der Waals surface area contributed by atoms with Crippen LogP contribution in [0.1, 0.15) is 23.2 Å². The number of nitrogens with zero attached hydrogens (tertiary/aromatic N) is 2. The number of amides is 1. The molecule has 0 spiro atoms. The van der Waals surface area contributed by atoms with E-state index in [1.807, 2.05) is 4.90 Å². The van der Waals surface area contributed by atoms with Crippen LogP contribution < -0.4 is 10.2 Å². The SMILES string of the molecule is C#CCNC(=O)c1ccc(N2CCC(C(=O)O)CC2)nc1. The summed E-state index contributed by atoms with van der Waals surface area (Å²) in [6.07, 6.45) is 7.81. The Morgan fingerprint density at radius 2 is 2.14 bits per heavy atom. The average Bonchev–Trinajstić information content (AvgIpc) is 2.53. The third-order valence-corrected chi connectivity index (χ3v) is 3.53. The predicted octanol–water partition coefficient (Wildman–Crippen LogP) is 0.746. The summed E-state index contributed by atoms with van der Waals surface area (Å²) in [7, 11) is 0. The van der Waals surface area contributed by atoms with Crippen LogP contribution in [0.4, 0.5) is 5.82 Å². The van der Waals surface area contributed by atoms with Gasteiger partial charge in [-0.1, -0.05) is 5.92 Å². The lowest BCUT2D eigenvalue weighted by atomic mass is 9.97. The molecule has 1 saturated heterocycles. The molecular weight excluding hydrogens is 270 g/mol. The maximum Gasteiger partial charge on any atom is 0.306 e. The second-order valence-corrected chi connectivity index (χ2v) is 4.89. The minimum atomic E-state index is -0.733. The summed E-state index contributed by atoms with van der Waals surface area (Å²) in [6, 6.07) is 3.46. The van der Waals surface area contributed by atoms with E-state index in [1.54, 1.807) is 12.1 Å². The van der Waals surface area contributed by atoms with Gasteiger partial charge >= 0.3 is 5.97 Å². The molecule has 2 N–H and O–H groups in total. The van der Waals surface area contributed by atoms with E-state index < -0.39 is 5.97 Å². The number of carboxylic acid groups (broad SMARTS) is 1. The second-order valence-electron chi connectivity index (χ2n) is 4.89. The number of carboxylic acids is 1. The van der Waals surface area contributed by atoms with Gasteiger partial charge in [-0.2, -0.15) is 0 Å². The number of nitrogens with one attached hydrogen (secondary N) is 1. The van der Waals surface area contributed by atoms with Gasteiger partial charge in [-0.15, -0.1) is 6.42 Å². The molecule has 0 atom stereocenters. The second kappa shape index (κ2) is 6.75. The molecule has 1 aliphatic rings. The zero-order chi connectivity index (χ0) is 15.2. The van der Waals surface area contributed by atoms with Crippen LogP contribution in [0.3, 0.4) is 0 Å². The van der Waals surface area contributed by atoms with Crippen LogP contribution in [0.5, 0.6) is 0 Å². The van der Waals surface area contributed by atoms with E-state index in [-0.39, 0.29) is 18.4 Å². The molecule has 0 aromatic carbocycles. The van der Waals surface area contributed by atoms with Gasteiger partial charge in [-0.25, -0.2) is 4.98 Å². The number of anilines is 1. The van der Waals surface area contributed by atoms with Gasteiger partial charge in [0, 0.05) is 19.3 Å². The molecule has 1 aromatic heterocycles. The summed E-state index contributed by atoms with van der Waals surface area (Å²) in [5.74, 6) is 1.84. The average molecular weight is 287 g/mol. The van der Waals surface area contributed by atoms with Crippen LogP contribution in [-0.4, -0.2) is 41.6 Å². The minimum absolute atomic E-state index is 0.184. The standard InChI is InChI=1S/C15H17N3O3/c1-2-7-16-14(19)12-3-4-13(17-10-12)18-8-5-11(6-9-18)15(20)21/h1,3-4,10-11H,5-9H2,(H,16,19)(H,20,21). The number of hydrogen-bond donors (Lipinski definition) is 2. The Balaban J connectivity index is 1.95. The van der Waals surface area contributed by atoms with Crippen molar-refractivity contribution in [2.75, 3.05) is 24.5 Å². The van der Waals surface area contributed by atoms with Crippen LogP contribution >= 0.6 is 0 Å². The molecule has 6 nitrogen and oxygen atoms in total. The Labute approximate surface area is 123 Å². The third-order valence-electron chi connectivity index (χ3n) is 3.53. The lowest BCUT2D eigenvalue weighted by Crippen LogP contribution is -2.36. The Morgan fingerprint density at radius 3 is 2.67 bits per heavy atom. The van der Waals surface area contributed by atoms with E-state index in [0.717, 1.165) is 5.82 Å². The fourth-order valence-electron chi connectivity index (χ4n) is 2.30. The largest absolute Gasteiger partial charge is 0.481 e. The quantitative estimate of drug-likeness (QED) is 0.798. The summed E-state index contributed by atoms with van der Waals surface area (Å²) < 4.78 is 0. The molecule has 0 radical (unpaired) electrons. The van der Waals surface area contributed by atoms with Gasteiger partial charge in [0.2, 0.25) is 0 Å². The van der Waals surface area contributed by atoms with Crippen molar-refractivity contribution in [3.05, 3.63) is 23.9 Å². The Morgan fingerprint density at radius 1 is 1.43 bits per heavy atom. The molecule has 2 heterocycles. The topological polar surface area (TPSA) is 82.5 Å². The summed E-state index contributed by atoms with van der Waals surface area (Å²) in [4.78, 5) is 28.9. The number of carbonyl (C=O) groups excluding carboxylic acids is 1. The summed E-state index contributed by atoms with van der Waals surface area (Å²) >= 11 is 0.